The predicted molar refractivity (Wildman–Crippen MR) is 58.6 cm³/mol. The first kappa shape index (κ1) is 12.2. The Morgan fingerprint density at radius 3 is 2.17 bits per heavy atom. The van der Waals surface area contributed by atoms with Crippen molar-refractivity contribution in [1.82, 2.24) is 9.97 Å². The first-order valence-electron chi connectivity index (χ1n) is 4.88. The summed E-state index contributed by atoms with van der Waals surface area (Å²) in [5, 5.41) is 0. The molecule has 94 valence electrons. The van der Waals surface area contributed by atoms with E-state index in [0.717, 1.165) is 0 Å². The van der Waals surface area contributed by atoms with E-state index >= 15 is 0 Å². The fourth-order valence-electron chi connectivity index (χ4n) is 1.39. The molecule has 2 aromatic rings. The summed E-state index contributed by atoms with van der Waals surface area (Å²) in [5.74, 6) is -0.0873. The number of nitrogens with zero attached hydrogens (tertiary/aromatic N) is 2. The Balaban J connectivity index is 2.26. The van der Waals surface area contributed by atoms with Crippen LogP contribution in [0.3, 0.4) is 0 Å². The maximum Gasteiger partial charge on any atom is 0.573 e. The van der Waals surface area contributed by atoms with Crippen LogP contribution in [0.25, 0.3) is 11.3 Å². The quantitative estimate of drug-likeness (QED) is 0.896. The van der Waals surface area contributed by atoms with E-state index in [1.807, 2.05) is 0 Å². The standard InChI is InChI=1S/C11H8F3N3O/c12-11(13,14)18-8-3-1-7(2-4-8)9-10(15)17-6-5-16-9/h1-6H,(H2,15,17). The molecule has 0 fully saturated rings. The van der Waals surface area contributed by atoms with E-state index in [0.29, 0.717) is 11.3 Å². The minimum atomic E-state index is -4.70. The second-order valence-corrected chi connectivity index (χ2v) is 3.36. The first-order chi connectivity index (χ1) is 8.46. The van der Waals surface area contributed by atoms with Gasteiger partial charge in [0.05, 0.1) is 0 Å². The number of ether oxygens (including phenoxy) is 1. The van der Waals surface area contributed by atoms with Crippen molar-refractivity contribution in [2.24, 2.45) is 0 Å². The highest BCUT2D eigenvalue weighted by Crippen LogP contribution is 2.27. The van der Waals surface area contributed by atoms with Crippen LogP contribution in [0.15, 0.2) is 36.7 Å². The van der Waals surface area contributed by atoms with Gasteiger partial charge >= 0.3 is 6.36 Å². The van der Waals surface area contributed by atoms with Crippen LogP contribution in [0.2, 0.25) is 0 Å². The third-order valence-electron chi connectivity index (χ3n) is 2.09. The van der Waals surface area contributed by atoms with Gasteiger partial charge in [0.25, 0.3) is 0 Å². The summed E-state index contributed by atoms with van der Waals surface area (Å²) < 4.78 is 39.6. The Hall–Kier alpha value is -2.31. The monoisotopic (exact) mass is 255 g/mol. The van der Waals surface area contributed by atoms with Crippen molar-refractivity contribution >= 4 is 5.82 Å². The van der Waals surface area contributed by atoms with Gasteiger partial charge in [-0.15, -0.1) is 13.2 Å². The number of nitrogens with two attached hydrogens (primary N) is 1. The molecule has 4 nitrogen and oxygen atoms in total. The van der Waals surface area contributed by atoms with Crippen LogP contribution in [-0.2, 0) is 0 Å². The third kappa shape index (κ3) is 2.88. The summed E-state index contributed by atoms with van der Waals surface area (Å²) in [7, 11) is 0. The summed E-state index contributed by atoms with van der Waals surface area (Å²) in [5.41, 5.74) is 6.59. The molecular formula is C11H8F3N3O. The molecule has 2 N–H and O–H groups in total. The summed E-state index contributed by atoms with van der Waals surface area (Å²) in [6.07, 6.45) is -1.82. The van der Waals surface area contributed by atoms with Gasteiger partial charge in [0.1, 0.15) is 17.3 Å². The minimum absolute atomic E-state index is 0.210. The molecule has 2 rings (SSSR count). The molecule has 0 aliphatic carbocycles. The smallest absolute Gasteiger partial charge is 0.406 e. The molecule has 1 aromatic heterocycles. The van der Waals surface area contributed by atoms with Crippen LogP contribution in [0, 0.1) is 0 Å². The Kier molecular flexibility index (Phi) is 3.05. The molecule has 0 saturated heterocycles. The number of hydrogen-bond donors (Lipinski definition) is 1. The average molecular weight is 255 g/mol. The molecule has 1 aromatic carbocycles. The number of rotatable bonds is 2. The fraction of sp³-hybridized carbons (Fsp3) is 0.0909. The van der Waals surface area contributed by atoms with Gasteiger partial charge in [-0.2, -0.15) is 0 Å². The van der Waals surface area contributed by atoms with Crippen LogP contribution in [-0.4, -0.2) is 16.3 Å². The van der Waals surface area contributed by atoms with Crippen LogP contribution >= 0.6 is 0 Å². The fourth-order valence-corrected chi connectivity index (χ4v) is 1.39. The number of nitrogen functional groups attached to an aromatic ring is 1. The summed E-state index contributed by atoms with van der Waals surface area (Å²) in [4.78, 5) is 7.84. The van der Waals surface area contributed by atoms with Gasteiger partial charge in [0.15, 0.2) is 0 Å². The summed E-state index contributed by atoms with van der Waals surface area (Å²) in [6, 6.07) is 5.25. The number of hydrogen-bond acceptors (Lipinski definition) is 4. The lowest BCUT2D eigenvalue weighted by atomic mass is 10.1. The summed E-state index contributed by atoms with van der Waals surface area (Å²) in [6.45, 7) is 0. The van der Waals surface area contributed by atoms with Crippen molar-refractivity contribution < 1.29 is 17.9 Å². The highest BCUT2D eigenvalue weighted by atomic mass is 19.4. The van der Waals surface area contributed by atoms with Gasteiger partial charge in [0, 0.05) is 18.0 Å². The molecule has 0 aliphatic heterocycles. The van der Waals surface area contributed by atoms with Crippen LogP contribution in [0.1, 0.15) is 0 Å². The van der Waals surface area contributed by atoms with Gasteiger partial charge in [-0.3, -0.25) is 4.98 Å². The molecular weight excluding hydrogens is 247 g/mol. The Morgan fingerprint density at radius 1 is 1.00 bits per heavy atom. The minimum Gasteiger partial charge on any atom is -0.406 e. The molecule has 0 radical (unpaired) electrons. The summed E-state index contributed by atoms with van der Waals surface area (Å²) >= 11 is 0. The molecule has 0 aliphatic rings. The molecule has 7 heteroatoms. The second-order valence-electron chi connectivity index (χ2n) is 3.36. The molecule has 18 heavy (non-hydrogen) atoms. The van der Waals surface area contributed by atoms with Crippen LogP contribution in [0.4, 0.5) is 19.0 Å². The Morgan fingerprint density at radius 2 is 1.61 bits per heavy atom. The number of benzene rings is 1. The highest BCUT2D eigenvalue weighted by molar-refractivity contribution is 5.69. The van der Waals surface area contributed by atoms with Crippen LogP contribution in [0.5, 0.6) is 5.75 Å². The predicted octanol–water partition coefficient (Wildman–Crippen LogP) is 2.62. The van der Waals surface area contributed by atoms with E-state index in [1.165, 1.54) is 36.7 Å². The maximum absolute atomic E-state index is 12.0. The largest absolute Gasteiger partial charge is 0.573 e. The lowest BCUT2D eigenvalue weighted by Crippen LogP contribution is -2.16. The lowest BCUT2D eigenvalue weighted by Gasteiger charge is -2.09. The Labute approximate surface area is 100 Å². The SMILES string of the molecule is Nc1nccnc1-c1ccc(OC(F)(F)F)cc1. The normalized spacial score (nSPS) is 11.3. The zero-order valence-corrected chi connectivity index (χ0v) is 8.98. The second kappa shape index (κ2) is 4.52. The van der Waals surface area contributed by atoms with E-state index < -0.39 is 6.36 Å². The molecule has 0 saturated carbocycles. The van der Waals surface area contributed by atoms with Crippen molar-refractivity contribution in [3.05, 3.63) is 36.7 Å². The molecule has 1 heterocycles. The van der Waals surface area contributed by atoms with Gasteiger partial charge < -0.3 is 10.5 Å². The van der Waals surface area contributed by atoms with Crippen molar-refractivity contribution in [2.75, 3.05) is 5.73 Å². The highest BCUT2D eigenvalue weighted by Gasteiger charge is 2.30. The zero-order valence-electron chi connectivity index (χ0n) is 8.98. The van der Waals surface area contributed by atoms with E-state index in [1.54, 1.807) is 0 Å². The topological polar surface area (TPSA) is 61.0 Å². The Bertz CT molecular complexity index is 540. The van der Waals surface area contributed by atoms with Crippen molar-refractivity contribution in [1.29, 1.82) is 0 Å². The number of anilines is 1. The zero-order chi connectivity index (χ0) is 13.2. The van der Waals surface area contributed by atoms with E-state index in [2.05, 4.69) is 14.7 Å². The molecule has 0 bridgehead atoms. The third-order valence-corrected chi connectivity index (χ3v) is 2.09. The molecule has 0 unspecified atom stereocenters. The van der Waals surface area contributed by atoms with Crippen LogP contribution < -0.4 is 10.5 Å². The lowest BCUT2D eigenvalue weighted by molar-refractivity contribution is -0.274. The molecule has 0 amide bonds. The van der Waals surface area contributed by atoms with Gasteiger partial charge in [-0.1, -0.05) is 0 Å². The van der Waals surface area contributed by atoms with E-state index in [9.17, 15) is 13.2 Å². The van der Waals surface area contributed by atoms with E-state index in [4.69, 9.17) is 5.73 Å². The van der Waals surface area contributed by atoms with Gasteiger partial charge in [0.2, 0.25) is 0 Å². The van der Waals surface area contributed by atoms with Gasteiger partial charge in [-0.05, 0) is 24.3 Å². The van der Waals surface area contributed by atoms with Crippen molar-refractivity contribution in [3.63, 3.8) is 0 Å². The number of alkyl halides is 3. The number of halogens is 3. The van der Waals surface area contributed by atoms with E-state index in [-0.39, 0.29) is 11.6 Å². The van der Waals surface area contributed by atoms with Crippen molar-refractivity contribution in [2.45, 2.75) is 6.36 Å². The number of aromatic nitrogens is 2. The average Bonchev–Trinajstić information content (AvgIpc) is 2.29. The van der Waals surface area contributed by atoms with Gasteiger partial charge in [-0.25, -0.2) is 4.98 Å². The van der Waals surface area contributed by atoms with Crippen molar-refractivity contribution in [3.8, 4) is 17.0 Å². The molecule has 0 atom stereocenters. The first-order valence-corrected chi connectivity index (χ1v) is 4.88. The maximum atomic E-state index is 12.0. The molecule has 0 spiro atoms.